The second kappa shape index (κ2) is 3.84. The van der Waals surface area contributed by atoms with E-state index in [-0.39, 0.29) is 0 Å². The smallest absolute Gasteiger partial charge is 0.235 e. The predicted molar refractivity (Wildman–Crippen MR) is 69.2 cm³/mol. The van der Waals surface area contributed by atoms with Gasteiger partial charge >= 0.3 is 0 Å². The van der Waals surface area contributed by atoms with Crippen molar-refractivity contribution in [3.8, 4) is 0 Å². The Balaban J connectivity index is 2.44. The molecule has 0 spiro atoms. The molecule has 0 atom stereocenters. The van der Waals surface area contributed by atoms with Crippen LogP contribution in [0.2, 0.25) is 0 Å². The second-order valence-electron chi connectivity index (χ2n) is 4.37. The van der Waals surface area contributed by atoms with Gasteiger partial charge in [0.15, 0.2) is 0 Å². The van der Waals surface area contributed by atoms with E-state index in [1.165, 1.54) is 5.69 Å². The average molecular weight is 225 g/mol. The second-order valence-corrected chi connectivity index (χ2v) is 4.37. The topological polar surface area (TPSA) is 30.2 Å². The minimum Gasteiger partial charge on any atom is -0.281 e. The summed E-state index contributed by atoms with van der Waals surface area (Å²) in [7, 11) is 0. The van der Waals surface area contributed by atoms with Gasteiger partial charge in [-0.15, -0.1) is 0 Å². The maximum Gasteiger partial charge on any atom is 0.235 e. The van der Waals surface area contributed by atoms with Gasteiger partial charge in [-0.3, -0.25) is 4.40 Å². The summed E-state index contributed by atoms with van der Waals surface area (Å²) >= 11 is 0. The number of imidazole rings is 1. The zero-order valence-electron chi connectivity index (χ0n) is 10.1. The van der Waals surface area contributed by atoms with Crippen LogP contribution < -0.4 is 0 Å². The number of fused-ring (bicyclic) bond motifs is 3. The van der Waals surface area contributed by atoms with E-state index in [2.05, 4.69) is 33.4 Å². The summed E-state index contributed by atoms with van der Waals surface area (Å²) in [5, 5.41) is 0. The lowest BCUT2D eigenvalue weighted by Gasteiger charge is -2.05. The first-order chi connectivity index (χ1) is 8.29. The van der Waals surface area contributed by atoms with E-state index in [9.17, 15) is 0 Å². The number of rotatable bonds is 2. The first-order valence-electron chi connectivity index (χ1n) is 6.03. The monoisotopic (exact) mass is 225 g/mol. The molecule has 2 heterocycles. The van der Waals surface area contributed by atoms with Gasteiger partial charge in [-0.1, -0.05) is 25.5 Å². The summed E-state index contributed by atoms with van der Waals surface area (Å²) in [6.07, 6.45) is 2.19. The molecule has 0 aliphatic heterocycles. The largest absolute Gasteiger partial charge is 0.281 e. The van der Waals surface area contributed by atoms with Crippen molar-refractivity contribution in [3.63, 3.8) is 0 Å². The van der Waals surface area contributed by atoms with Gasteiger partial charge < -0.3 is 0 Å². The van der Waals surface area contributed by atoms with E-state index in [4.69, 9.17) is 0 Å². The van der Waals surface area contributed by atoms with Crippen molar-refractivity contribution in [2.45, 2.75) is 26.7 Å². The Kier molecular flexibility index (Phi) is 2.32. The van der Waals surface area contributed by atoms with Crippen LogP contribution in [-0.4, -0.2) is 14.4 Å². The third-order valence-electron chi connectivity index (χ3n) is 2.99. The molecule has 0 aliphatic rings. The molecule has 3 nitrogen and oxygen atoms in total. The third kappa shape index (κ3) is 1.58. The van der Waals surface area contributed by atoms with Crippen LogP contribution in [0.15, 0.2) is 30.3 Å². The number of benzene rings is 1. The molecule has 17 heavy (non-hydrogen) atoms. The van der Waals surface area contributed by atoms with Crippen LogP contribution in [-0.2, 0) is 6.42 Å². The zero-order chi connectivity index (χ0) is 11.8. The summed E-state index contributed by atoms with van der Waals surface area (Å²) in [5.74, 6) is 0.814. The Morgan fingerprint density at radius 2 is 2.00 bits per heavy atom. The van der Waals surface area contributed by atoms with Crippen molar-refractivity contribution in [1.82, 2.24) is 14.4 Å². The van der Waals surface area contributed by atoms with Crippen LogP contribution >= 0.6 is 0 Å². The van der Waals surface area contributed by atoms with Gasteiger partial charge in [0.25, 0.3) is 0 Å². The van der Waals surface area contributed by atoms with Gasteiger partial charge in [-0.05, 0) is 31.5 Å². The Hall–Kier alpha value is -1.90. The van der Waals surface area contributed by atoms with Crippen LogP contribution in [0.25, 0.3) is 16.8 Å². The first kappa shape index (κ1) is 10.3. The van der Waals surface area contributed by atoms with E-state index >= 15 is 0 Å². The van der Waals surface area contributed by atoms with Crippen molar-refractivity contribution in [1.29, 1.82) is 0 Å². The van der Waals surface area contributed by atoms with Crippen molar-refractivity contribution in [3.05, 3.63) is 41.7 Å². The molecule has 0 bridgehead atoms. The summed E-state index contributed by atoms with van der Waals surface area (Å²) in [4.78, 5) is 9.08. The van der Waals surface area contributed by atoms with Gasteiger partial charge in [0, 0.05) is 11.4 Å². The van der Waals surface area contributed by atoms with Crippen LogP contribution in [0.4, 0.5) is 0 Å². The molecule has 2 aromatic heterocycles. The number of aromatic nitrogens is 3. The van der Waals surface area contributed by atoms with E-state index in [0.717, 1.165) is 35.3 Å². The number of hydrogen-bond acceptors (Lipinski definition) is 2. The van der Waals surface area contributed by atoms with Crippen molar-refractivity contribution in [2.75, 3.05) is 0 Å². The average Bonchev–Trinajstić information content (AvgIpc) is 2.67. The SMILES string of the molecule is CCCc1cc(C)nc2nc3ccccc3n12. The lowest BCUT2D eigenvalue weighted by molar-refractivity contribution is 0.854. The van der Waals surface area contributed by atoms with E-state index in [1.54, 1.807) is 0 Å². The summed E-state index contributed by atoms with van der Waals surface area (Å²) in [6.45, 7) is 4.22. The third-order valence-corrected chi connectivity index (χ3v) is 2.99. The van der Waals surface area contributed by atoms with Crippen LogP contribution in [0.5, 0.6) is 0 Å². The Labute approximate surface area is 100 Å². The highest BCUT2D eigenvalue weighted by Gasteiger charge is 2.09. The molecule has 3 aromatic rings. The van der Waals surface area contributed by atoms with Crippen molar-refractivity contribution >= 4 is 16.8 Å². The van der Waals surface area contributed by atoms with Crippen molar-refractivity contribution < 1.29 is 0 Å². The van der Waals surface area contributed by atoms with Gasteiger partial charge in [-0.2, -0.15) is 0 Å². The molecule has 0 fully saturated rings. The molecule has 0 saturated carbocycles. The molecule has 1 aromatic carbocycles. The first-order valence-corrected chi connectivity index (χ1v) is 6.03. The molecule has 86 valence electrons. The predicted octanol–water partition coefficient (Wildman–Crippen LogP) is 3.14. The Bertz CT molecular complexity index is 682. The highest BCUT2D eigenvalue weighted by atomic mass is 15.1. The fourth-order valence-electron chi connectivity index (χ4n) is 2.31. The molecule has 0 aliphatic carbocycles. The highest BCUT2D eigenvalue weighted by Crippen LogP contribution is 2.18. The molecule has 3 heteroatoms. The molecule has 0 unspecified atom stereocenters. The summed E-state index contributed by atoms with van der Waals surface area (Å²) in [6, 6.07) is 10.4. The van der Waals surface area contributed by atoms with Gasteiger partial charge in [0.05, 0.1) is 11.0 Å². The minimum atomic E-state index is 0.814. The zero-order valence-corrected chi connectivity index (χ0v) is 10.1. The molecule has 3 rings (SSSR count). The fraction of sp³-hybridized carbons (Fsp3) is 0.286. The quantitative estimate of drug-likeness (QED) is 0.670. The highest BCUT2D eigenvalue weighted by molar-refractivity contribution is 5.79. The standard InChI is InChI=1S/C14H15N3/c1-3-6-11-9-10(2)15-14-16-12-7-4-5-8-13(12)17(11)14/h4-5,7-9H,3,6H2,1-2H3. The molecular formula is C14H15N3. The van der Waals surface area contributed by atoms with Crippen molar-refractivity contribution in [2.24, 2.45) is 0 Å². The Morgan fingerprint density at radius 3 is 2.82 bits per heavy atom. The number of para-hydroxylation sites is 2. The Morgan fingerprint density at radius 1 is 1.18 bits per heavy atom. The molecule has 0 saturated heterocycles. The molecular weight excluding hydrogens is 210 g/mol. The van der Waals surface area contributed by atoms with E-state index in [1.807, 2.05) is 25.1 Å². The maximum atomic E-state index is 4.57. The summed E-state index contributed by atoms with van der Waals surface area (Å²) in [5.41, 5.74) is 4.50. The van der Waals surface area contributed by atoms with Gasteiger partial charge in [-0.25, -0.2) is 9.97 Å². The van der Waals surface area contributed by atoms with E-state index < -0.39 is 0 Å². The molecule has 0 amide bonds. The fourth-order valence-corrected chi connectivity index (χ4v) is 2.31. The normalized spacial score (nSPS) is 11.4. The van der Waals surface area contributed by atoms with Gasteiger partial charge in [0.2, 0.25) is 5.78 Å². The minimum absolute atomic E-state index is 0.814. The molecule has 0 radical (unpaired) electrons. The summed E-state index contributed by atoms with van der Waals surface area (Å²) < 4.78 is 2.17. The maximum absolute atomic E-state index is 4.57. The lowest BCUT2D eigenvalue weighted by atomic mass is 10.2. The number of nitrogens with zero attached hydrogens (tertiary/aromatic N) is 3. The lowest BCUT2D eigenvalue weighted by Crippen LogP contribution is -2.00. The number of aryl methyl sites for hydroxylation is 2. The number of hydrogen-bond donors (Lipinski definition) is 0. The van der Waals surface area contributed by atoms with Crippen LogP contribution in [0.3, 0.4) is 0 Å². The van der Waals surface area contributed by atoms with Gasteiger partial charge in [0.1, 0.15) is 0 Å². The van der Waals surface area contributed by atoms with E-state index in [0.29, 0.717) is 0 Å². The van der Waals surface area contributed by atoms with Crippen LogP contribution in [0, 0.1) is 6.92 Å². The van der Waals surface area contributed by atoms with Crippen LogP contribution in [0.1, 0.15) is 24.7 Å². The molecule has 0 N–H and O–H groups in total.